The van der Waals surface area contributed by atoms with Crippen LogP contribution in [0.2, 0.25) is 0 Å². The first-order valence-corrected chi connectivity index (χ1v) is 6.58. The van der Waals surface area contributed by atoms with Crippen LogP contribution in [-0.4, -0.2) is 33.5 Å². The highest BCUT2D eigenvalue weighted by molar-refractivity contribution is 8.00. The molecule has 0 aliphatic rings. The molecule has 1 atom stereocenters. The van der Waals surface area contributed by atoms with E-state index in [1.807, 2.05) is 30.3 Å². The molecule has 0 fully saturated rings. The Morgan fingerprint density at radius 3 is 2.58 bits per heavy atom. The highest BCUT2D eigenvalue weighted by atomic mass is 32.2. The van der Waals surface area contributed by atoms with Crippen molar-refractivity contribution in [1.82, 2.24) is 15.2 Å². The molecule has 1 heterocycles. The van der Waals surface area contributed by atoms with E-state index in [1.165, 1.54) is 18.9 Å². The smallest absolute Gasteiger partial charge is 0.318 e. The minimum Gasteiger partial charge on any atom is -0.468 e. The van der Waals surface area contributed by atoms with Crippen molar-refractivity contribution in [3.8, 4) is 11.3 Å². The van der Waals surface area contributed by atoms with Crippen LogP contribution in [0.5, 0.6) is 0 Å². The van der Waals surface area contributed by atoms with Gasteiger partial charge in [-0.25, -0.2) is 4.98 Å². The molecular formula is C13H13N3O2S. The quantitative estimate of drug-likeness (QED) is 0.629. The first kappa shape index (κ1) is 13.5. The third-order valence-corrected chi connectivity index (χ3v) is 3.37. The lowest BCUT2D eigenvalue weighted by Crippen LogP contribution is -2.15. The van der Waals surface area contributed by atoms with Crippen molar-refractivity contribution in [3.05, 3.63) is 36.5 Å². The molecule has 0 radical (unpaired) electrons. The van der Waals surface area contributed by atoms with Crippen molar-refractivity contribution >= 4 is 17.7 Å². The van der Waals surface area contributed by atoms with Crippen LogP contribution in [0.15, 0.2) is 41.7 Å². The molecule has 0 saturated heterocycles. The summed E-state index contributed by atoms with van der Waals surface area (Å²) in [5, 5.41) is 8.21. The van der Waals surface area contributed by atoms with Crippen molar-refractivity contribution in [2.24, 2.45) is 0 Å². The van der Waals surface area contributed by atoms with Crippen LogP contribution < -0.4 is 0 Å². The maximum atomic E-state index is 11.3. The minimum atomic E-state index is -0.352. The second kappa shape index (κ2) is 6.29. The van der Waals surface area contributed by atoms with E-state index < -0.39 is 0 Å². The van der Waals surface area contributed by atoms with Gasteiger partial charge in [-0.1, -0.05) is 42.1 Å². The normalized spacial score (nSPS) is 11.9. The van der Waals surface area contributed by atoms with Crippen molar-refractivity contribution in [2.45, 2.75) is 17.3 Å². The molecule has 1 aromatic heterocycles. The zero-order valence-electron chi connectivity index (χ0n) is 10.6. The summed E-state index contributed by atoms with van der Waals surface area (Å²) in [6.45, 7) is 1.74. The molecular weight excluding hydrogens is 262 g/mol. The summed E-state index contributed by atoms with van der Waals surface area (Å²) in [6, 6.07) is 9.68. The van der Waals surface area contributed by atoms with Crippen LogP contribution in [0.4, 0.5) is 0 Å². The molecule has 0 N–H and O–H groups in total. The molecule has 0 aliphatic heterocycles. The average Bonchev–Trinajstić information content (AvgIpc) is 2.48. The Morgan fingerprint density at radius 1 is 1.26 bits per heavy atom. The van der Waals surface area contributed by atoms with Crippen LogP contribution in [-0.2, 0) is 9.53 Å². The fourth-order valence-corrected chi connectivity index (χ4v) is 2.14. The maximum Gasteiger partial charge on any atom is 0.318 e. The van der Waals surface area contributed by atoms with Gasteiger partial charge in [-0.3, -0.25) is 4.79 Å². The molecule has 5 nitrogen and oxygen atoms in total. The Bertz CT molecular complexity index is 546. The van der Waals surface area contributed by atoms with Gasteiger partial charge in [0.1, 0.15) is 10.9 Å². The zero-order valence-corrected chi connectivity index (χ0v) is 11.4. The number of hydrogen-bond acceptors (Lipinski definition) is 6. The summed E-state index contributed by atoms with van der Waals surface area (Å²) in [5.41, 5.74) is 1.66. The standard InChI is InChI=1S/C13H13N3O2S/c1-9(12(17)18-2)19-13-14-8-11(15-16-13)10-6-4-3-5-7-10/h3-9H,1-2H3. The van der Waals surface area contributed by atoms with Gasteiger partial charge >= 0.3 is 5.97 Å². The number of hydrogen-bond donors (Lipinski definition) is 0. The van der Waals surface area contributed by atoms with E-state index in [0.29, 0.717) is 10.9 Å². The highest BCUT2D eigenvalue weighted by Crippen LogP contribution is 2.21. The first-order valence-electron chi connectivity index (χ1n) is 5.70. The van der Waals surface area contributed by atoms with Gasteiger partial charge in [-0.05, 0) is 6.92 Å². The number of rotatable bonds is 4. The molecule has 6 heteroatoms. The maximum absolute atomic E-state index is 11.3. The predicted molar refractivity (Wildman–Crippen MR) is 72.6 cm³/mol. The summed E-state index contributed by atoms with van der Waals surface area (Å²) in [7, 11) is 1.36. The number of methoxy groups -OCH3 is 1. The molecule has 0 aliphatic carbocycles. The monoisotopic (exact) mass is 275 g/mol. The summed E-state index contributed by atoms with van der Waals surface area (Å²) >= 11 is 1.22. The average molecular weight is 275 g/mol. The topological polar surface area (TPSA) is 65.0 Å². The number of ether oxygens (including phenoxy) is 1. The fourth-order valence-electron chi connectivity index (χ4n) is 1.43. The Morgan fingerprint density at radius 2 is 2.00 bits per heavy atom. The lowest BCUT2D eigenvalue weighted by atomic mass is 10.2. The van der Waals surface area contributed by atoms with Crippen molar-refractivity contribution in [2.75, 3.05) is 7.11 Å². The molecule has 0 saturated carbocycles. The number of esters is 1. The third kappa shape index (κ3) is 3.51. The predicted octanol–water partition coefficient (Wildman–Crippen LogP) is 2.19. The lowest BCUT2D eigenvalue weighted by molar-refractivity contribution is -0.139. The van der Waals surface area contributed by atoms with E-state index in [1.54, 1.807) is 13.1 Å². The van der Waals surface area contributed by atoms with Crippen molar-refractivity contribution < 1.29 is 9.53 Å². The minimum absolute atomic E-state index is 0.305. The van der Waals surface area contributed by atoms with Crippen LogP contribution >= 0.6 is 11.8 Å². The van der Waals surface area contributed by atoms with Gasteiger partial charge < -0.3 is 4.74 Å². The van der Waals surface area contributed by atoms with E-state index in [4.69, 9.17) is 0 Å². The Kier molecular flexibility index (Phi) is 4.46. The number of nitrogens with zero attached hydrogens (tertiary/aromatic N) is 3. The highest BCUT2D eigenvalue weighted by Gasteiger charge is 2.16. The van der Waals surface area contributed by atoms with Crippen LogP contribution in [0.1, 0.15) is 6.92 Å². The number of aromatic nitrogens is 3. The zero-order chi connectivity index (χ0) is 13.7. The summed E-state index contributed by atoms with van der Waals surface area (Å²) in [6.07, 6.45) is 1.65. The summed E-state index contributed by atoms with van der Waals surface area (Å²) < 4.78 is 4.64. The van der Waals surface area contributed by atoms with E-state index in [0.717, 1.165) is 5.56 Å². The molecule has 1 unspecified atom stereocenters. The van der Waals surface area contributed by atoms with Gasteiger partial charge in [-0.15, -0.1) is 10.2 Å². The Hall–Kier alpha value is -1.95. The van der Waals surface area contributed by atoms with Crippen molar-refractivity contribution in [3.63, 3.8) is 0 Å². The molecule has 2 aromatic rings. The summed E-state index contributed by atoms with van der Waals surface area (Å²) in [5.74, 6) is -0.305. The molecule has 2 rings (SSSR count). The van der Waals surface area contributed by atoms with Gasteiger partial charge in [0.15, 0.2) is 0 Å². The van der Waals surface area contributed by atoms with Gasteiger partial charge in [-0.2, -0.15) is 0 Å². The molecule has 0 spiro atoms. The number of thioether (sulfide) groups is 1. The SMILES string of the molecule is COC(=O)C(C)Sc1ncc(-c2ccccc2)nn1. The van der Waals surface area contributed by atoms with Crippen molar-refractivity contribution in [1.29, 1.82) is 0 Å². The van der Waals surface area contributed by atoms with E-state index in [9.17, 15) is 4.79 Å². The van der Waals surface area contributed by atoms with E-state index >= 15 is 0 Å². The largest absolute Gasteiger partial charge is 0.468 e. The van der Waals surface area contributed by atoms with Crippen LogP contribution in [0, 0.1) is 0 Å². The Balaban J connectivity index is 2.09. The fraction of sp³-hybridized carbons (Fsp3) is 0.231. The Labute approximate surface area is 115 Å². The van der Waals surface area contributed by atoms with Gasteiger partial charge in [0.05, 0.1) is 13.3 Å². The number of benzene rings is 1. The number of carbonyl (C=O) groups is 1. The van der Waals surface area contributed by atoms with Crippen LogP contribution in [0.25, 0.3) is 11.3 Å². The lowest BCUT2D eigenvalue weighted by Gasteiger charge is -2.06. The molecule has 98 valence electrons. The van der Waals surface area contributed by atoms with Gasteiger partial charge in [0.2, 0.25) is 5.16 Å². The van der Waals surface area contributed by atoms with E-state index in [-0.39, 0.29) is 11.2 Å². The second-order valence-electron chi connectivity index (χ2n) is 3.78. The molecule has 0 amide bonds. The van der Waals surface area contributed by atoms with E-state index in [2.05, 4.69) is 19.9 Å². The third-order valence-electron chi connectivity index (χ3n) is 2.43. The van der Waals surface area contributed by atoms with Gasteiger partial charge in [0.25, 0.3) is 0 Å². The number of carbonyl (C=O) groups excluding carboxylic acids is 1. The van der Waals surface area contributed by atoms with Crippen LogP contribution in [0.3, 0.4) is 0 Å². The molecule has 0 bridgehead atoms. The van der Waals surface area contributed by atoms with Gasteiger partial charge in [0, 0.05) is 5.56 Å². The first-order chi connectivity index (χ1) is 9.20. The summed E-state index contributed by atoms with van der Waals surface area (Å²) in [4.78, 5) is 15.5. The second-order valence-corrected chi connectivity index (χ2v) is 5.08. The molecule has 1 aromatic carbocycles. The molecule has 19 heavy (non-hydrogen) atoms.